The Hall–Kier alpha value is -2.29. The lowest BCUT2D eigenvalue weighted by Gasteiger charge is -2.31. The quantitative estimate of drug-likeness (QED) is 0.878. The largest absolute Gasteiger partial charge is 0.493 e. The number of aryl methyl sites for hydroxylation is 1. The van der Waals surface area contributed by atoms with Crippen molar-refractivity contribution < 1.29 is 17.9 Å². The molecule has 0 saturated carbocycles. The first kappa shape index (κ1) is 18.5. The maximum absolute atomic E-state index is 13.0. The van der Waals surface area contributed by atoms with Crippen molar-refractivity contribution in [2.45, 2.75) is 25.6 Å². The second kappa shape index (κ2) is 7.53. The molecule has 0 aliphatic carbocycles. The number of para-hydroxylation sites is 1. The summed E-state index contributed by atoms with van der Waals surface area (Å²) in [4.78, 5) is 16.2. The van der Waals surface area contributed by atoms with E-state index >= 15 is 0 Å². The van der Waals surface area contributed by atoms with Crippen LogP contribution in [0.25, 0.3) is 0 Å². The minimum Gasteiger partial charge on any atom is -0.493 e. The van der Waals surface area contributed by atoms with Crippen molar-refractivity contribution in [3.8, 4) is 5.75 Å². The van der Waals surface area contributed by atoms with E-state index in [4.69, 9.17) is 4.74 Å². The molecule has 0 spiro atoms. The van der Waals surface area contributed by atoms with Gasteiger partial charge < -0.3 is 4.74 Å². The van der Waals surface area contributed by atoms with Crippen LogP contribution in [0.15, 0.2) is 29.1 Å². The van der Waals surface area contributed by atoms with Crippen LogP contribution >= 0.6 is 0 Å². The van der Waals surface area contributed by atoms with E-state index in [1.807, 2.05) is 0 Å². The van der Waals surface area contributed by atoms with Crippen molar-refractivity contribution in [2.24, 2.45) is 13.0 Å². The Kier molecular flexibility index (Phi) is 5.36. The van der Waals surface area contributed by atoms with Gasteiger partial charge in [0, 0.05) is 7.05 Å². The van der Waals surface area contributed by atoms with Crippen molar-refractivity contribution in [3.05, 3.63) is 46.1 Å². The molecule has 2 heterocycles. The van der Waals surface area contributed by atoms with Crippen LogP contribution in [0.4, 0.5) is 13.2 Å². The van der Waals surface area contributed by atoms with Gasteiger partial charge in [0.1, 0.15) is 11.6 Å². The Morgan fingerprint density at radius 3 is 2.58 bits per heavy atom. The number of ether oxygens (including phenoxy) is 1. The molecule has 2 aromatic rings. The zero-order valence-corrected chi connectivity index (χ0v) is 14.4. The molecule has 1 N–H and O–H groups in total. The fourth-order valence-electron chi connectivity index (χ4n) is 3.08. The van der Waals surface area contributed by atoms with Gasteiger partial charge in [-0.25, -0.2) is 9.48 Å². The molecule has 1 fully saturated rings. The van der Waals surface area contributed by atoms with Crippen molar-refractivity contribution in [2.75, 3.05) is 19.7 Å². The number of hydrogen-bond acceptors (Lipinski definition) is 4. The third kappa shape index (κ3) is 4.46. The van der Waals surface area contributed by atoms with Crippen LogP contribution in [0.2, 0.25) is 0 Å². The first-order valence-electron chi connectivity index (χ1n) is 8.46. The van der Waals surface area contributed by atoms with Gasteiger partial charge in [0.05, 0.1) is 18.7 Å². The number of hydrogen-bond donors (Lipinski definition) is 1. The number of nitrogens with one attached hydrogen (secondary N) is 1. The van der Waals surface area contributed by atoms with Crippen molar-refractivity contribution in [3.63, 3.8) is 0 Å². The molecular weight excluding hydrogens is 349 g/mol. The Morgan fingerprint density at radius 1 is 1.27 bits per heavy atom. The Morgan fingerprint density at radius 2 is 1.96 bits per heavy atom. The number of piperidine rings is 1. The summed E-state index contributed by atoms with van der Waals surface area (Å²) in [5.74, 6) is 0.704. The number of likely N-dealkylation sites (tertiary alicyclic amines) is 1. The molecule has 1 aliphatic rings. The Balaban J connectivity index is 1.50. The normalized spacial score (nSPS) is 16.8. The summed E-state index contributed by atoms with van der Waals surface area (Å²) in [5, 5.41) is 4.11. The highest BCUT2D eigenvalue weighted by Gasteiger charge is 2.34. The summed E-state index contributed by atoms with van der Waals surface area (Å²) < 4.78 is 45.7. The molecule has 0 atom stereocenters. The van der Waals surface area contributed by atoms with Crippen LogP contribution < -0.4 is 10.4 Å². The van der Waals surface area contributed by atoms with E-state index < -0.39 is 11.7 Å². The molecular formula is C17H21F3N4O2. The first-order chi connectivity index (χ1) is 12.3. The summed E-state index contributed by atoms with van der Waals surface area (Å²) in [6, 6.07) is 5.29. The minimum atomic E-state index is -4.42. The predicted octanol–water partition coefficient (Wildman–Crippen LogP) is 2.42. The lowest BCUT2D eigenvalue weighted by atomic mass is 9.98. The predicted molar refractivity (Wildman–Crippen MR) is 88.8 cm³/mol. The number of aromatic nitrogens is 3. The van der Waals surface area contributed by atoms with E-state index in [1.165, 1.54) is 16.8 Å². The Bertz CT molecular complexity index is 792. The van der Waals surface area contributed by atoms with E-state index in [0.29, 0.717) is 12.4 Å². The minimum absolute atomic E-state index is 0.117. The molecule has 1 aromatic carbocycles. The van der Waals surface area contributed by atoms with Gasteiger partial charge in [-0.15, -0.1) is 0 Å². The summed E-state index contributed by atoms with van der Waals surface area (Å²) in [6.45, 7) is 2.39. The maximum Gasteiger partial charge on any atom is 0.419 e. The third-order valence-electron chi connectivity index (χ3n) is 4.56. The van der Waals surface area contributed by atoms with E-state index in [2.05, 4.69) is 15.0 Å². The molecule has 26 heavy (non-hydrogen) atoms. The fourth-order valence-corrected chi connectivity index (χ4v) is 3.08. The van der Waals surface area contributed by atoms with E-state index in [-0.39, 0.29) is 24.0 Å². The third-order valence-corrected chi connectivity index (χ3v) is 4.56. The standard InChI is InChI=1S/C17H21F3N4O2/c1-23-16(25)21-15(22-23)10-24-8-6-12(7-9-24)11-26-14-5-3-2-4-13(14)17(18,19)20/h2-5,12H,6-11H2,1H3,(H,21,22,25). The highest BCUT2D eigenvalue weighted by molar-refractivity contribution is 5.35. The first-order valence-corrected chi connectivity index (χ1v) is 8.46. The van der Waals surface area contributed by atoms with Crippen molar-refractivity contribution in [1.29, 1.82) is 0 Å². The number of aromatic amines is 1. The lowest BCUT2D eigenvalue weighted by Crippen LogP contribution is -2.35. The summed E-state index contributed by atoms with van der Waals surface area (Å²) in [7, 11) is 1.59. The van der Waals surface area contributed by atoms with Gasteiger partial charge in [-0.3, -0.25) is 9.88 Å². The van der Waals surface area contributed by atoms with Gasteiger partial charge in [0.2, 0.25) is 0 Å². The molecule has 142 valence electrons. The Labute approximate surface area is 148 Å². The maximum atomic E-state index is 13.0. The zero-order chi connectivity index (χ0) is 18.7. The summed E-state index contributed by atoms with van der Waals surface area (Å²) in [6.07, 6.45) is -2.77. The van der Waals surface area contributed by atoms with Crippen LogP contribution in [0.3, 0.4) is 0 Å². The SMILES string of the molecule is Cn1nc(CN2CCC(COc3ccccc3C(F)(F)F)CC2)[nH]c1=O. The van der Waals surface area contributed by atoms with Crippen molar-refractivity contribution in [1.82, 2.24) is 19.7 Å². The average Bonchev–Trinajstić information content (AvgIpc) is 2.91. The molecule has 0 radical (unpaired) electrons. The molecule has 0 amide bonds. The zero-order valence-electron chi connectivity index (χ0n) is 14.4. The number of benzene rings is 1. The van der Waals surface area contributed by atoms with Gasteiger partial charge >= 0.3 is 11.9 Å². The van der Waals surface area contributed by atoms with Gasteiger partial charge in [0.15, 0.2) is 0 Å². The molecule has 3 rings (SSSR count). The molecule has 0 unspecified atom stereocenters. The highest BCUT2D eigenvalue weighted by Crippen LogP contribution is 2.36. The molecule has 1 saturated heterocycles. The van der Waals surface area contributed by atoms with E-state index in [1.54, 1.807) is 13.1 Å². The highest BCUT2D eigenvalue weighted by atomic mass is 19.4. The van der Waals surface area contributed by atoms with Gasteiger partial charge in [-0.05, 0) is 44.0 Å². The van der Waals surface area contributed by atoms with E-state index in [9.17, 15) is 18.0 Å². The molecule has 0 bridgehead atoms. The molecule has 1 aromatic heterocycles. The molecule has 1 aliphatic heterocycles. The lowest BCUT2D eigenvalue weighted by molar-refractivity contribution is -0.139. The smallest absolute Gasteiger partial charge is 0.419 e. The van der Waals surface area contributed by atoms with Gasteiger partial charge in [-0.2, -0.15) is 18.3 Å². The van der Waals surface area contributed by atoms with Crippen LogP contribution in [-0.4, -0.2) is 39.4 Å². The van der Waals surface area contributed by atoms with Crippen LogP contribution in [0.5, 0.6) is 5.75 Å². The summed E-state index contributed by atoms with van der Waals surface area (Å²) >= 11 is 0. The molecule has 6 nitrogen and oxygen atoms in total. The topological polar surface area (TPSA) is 63.1 Å². The average molecular weight is 370 g/mol. The fraction of sp³-hybridized carbons (Fsp3) is 0.529. The monoisotopic (exact) mass is 370 g/mol. The number of nitrogens with zero attached hydrogens (tertiary/aromatic N) is 3. The second-order valence-corrected chi connectivity index (χ2v) is 6.52. The van der Waals surface area contributed by atoms with Gasteiger partial charge in [0.25, 0.3) is 0 Å². The molecule has 9 heteroatoms. The number of halogens is 3. The van der Waals surface area contributed by atoms with Gasteiger partial charge in [-0.1, -0.05) is 12.1 Å². The van der Waals surface area contributed by atoms with Crippen molar-refractivity contribution >= 4 is 0 Å². The number of rotatable bonds is 5. The van der Waals surface area contributed by atoms with Crippen LogP contribution in [0.1, 0.15) is 24.2 Å². The summed E-state index contributed by atoms with van der Waals surface area (Å²) in [5.41, 5.74) is -0.983. The van der Waals surface area contributed by atoms with E-state index in [0.717, 1.165) is 32.0 Å². The number of alkyl halides is 3. The second-order valence-electron chi connectivity index (χ2n) is 6.52. The van der Waals surface area contributed by atoms with Crippen LogP contribution in [0, 0.1) is 5.92 Å². The number of H-pyrrole nitrogens is 1. The van der Waals surface area contributed by atoms with Crippen LogP contribution in [-0.2, 0) is 19.8 Å².